The van der Waals surface area contributed by atoms with E-state index in [4.69, 9.17) is 11.6 Å². The molecule has 1 heterocycles. The fourth-order valence-electron chi connectivity index (χ4n) is 0.300. The molecule has 0 aromatic heterocycles. The molecule has 0 aliphatic carbocycles. The number of hydrogen-bond acceptors (Lipinski definition) is 3. The van der Waals surface area contributed by atoms with Crippen LogP contribution in [-0.4, -0.2) is 5.17 Å². The molecule has 0 aromatic carbocycles. The quantitative estimate of drug-likeness (QED) is 0.484. The minimum atomic E-state index is 0.0556. The Bertz CT molecular complexity index is 173. The number of rotatable bonds is 1. The van der Waals surface area contributed by atoms with Gasteiger partial charge in [0, 0.05) is 0 Å². The van der Waals surface area contributed by atoms with Gasteiger partial charge in [0.05, 0.1) is 6.20 Å². The van der Waals surface area contributed by atoms with Crippen molar-refractivity contribution in [1.29, 1.82) is 0 Å². The lowest BCUT2D eigenvalue weighted by Gasteiger charge is -1.76. The molecule has 5 heteroatoms. The van der Waals surface area contributed by atoms with Gasteiger partial charge >= 0.3 is 0 Å². The molecule has 0 amide bonds. The first kappa shape index (κ1) is 5.24. The summed E-state index contributed by atoms with van der Waals surface area (Å²) in [5, 5.41) is 5.89. The Hall–Kier alpha value is -0.900. The molecule has 1 rings (SSSR count). The molecule has 0 aromatic rings. The zero-order valence-electron chi connectivity index (χ0n) is 3.71. The van der Waals surface area contributed by atoms with Crippen molar-refractivity contribution in [3.63, 3.8) is 0 Å². The van der Waals surface area contributed by atoms with E-state index in [9.17, 15) is 4.91 Å². The monoisotopic (exact) mass is 130 g/mol. The minimum absolute atomic E-state index is 0.0556. The van der Waals surface area contributed by atoms with E-state index in [1.165, 1.54) is 6.20 Å². The van der Waals surface area contributed by atoms with E-state index >= 15 is 0 Å². The van der Waals surface area contributed by atoms with Crippen molar-refractivity contribution < 1.29 is 0 Å². The highest BCUT2D eigenvalue weighted by atomic mass is 35.5. The minimum Gasteiger partial charge on any atom is -0.155 e. The molecule has 4 nitrogen and oxygen atoms in total. The topological polar surface area (TPSA) is 55.9 Å². The van der Waals surface area contributed by atoms with Crippen LogP contribution in [0.1, 0.15) is 0 Å². The molecule has 0 unspecified atom stereocenters. The zero-order valence-corrected chi connectivity index (χ0v) is 4.46. The van der Waals surface area contributed by atoms with E-state index in [1.54, 1.807) is 0 Å². The molecular weight excluding hydrogens is 130 g/mol. The van der Waals surface area contributed by atoms with Crippen LogP contribution in [0.2, 0.25) is 0 Å². The number of nitroso groups, excluding NO2 is 1. The molecule has 0 saturated carbocycles. The first-order valence-electron chi connectivity index (χ1n) is 1.82. The van der Waals surface area contributed by atoms with E-state index < -0.39 is 0 Å². The van der Waals surface area contributed by atoms with Crippen molar-refractivity contribution in [3.8, 4) is 0 Å². The molecule has 0 fully saturated rings. The van der Waals surface area contributed by atoms with Crippen LogP contribution in [-0.2, 0) is 0 Å². The molecule has 1 radical (unpaired) electrons. The van der Waals surface area contributed by atoms with Gasteiger partial charge in [-0.3, -0.25) is 0 Å². The Morgan fingerprint density at radius 3 is 2.75 bits per heavy atom. The summed E-state index contributed by atoms with van der Waals surface area (Å²) in [6.07, 6.45) is 1.20. The summed E-state index contributed by atoms with van der Waals surface area (Å²) in [6, 6.07) is 0. The maximum absolute atomic E-state index is 9.67. The third-order valence-electron chi connectivity index (χ3n) is 0.635. The first-order chi connectivity index (χ1) is 3.84. The average molecular weight is 131 g/mol. The average Bonchev–Trinajstić information content (AvgIpc) is 2.14. The smallest absolute Gasteiger partial charge is 0.155 e. The second kappa shape index (κ2) is 1.92. The lowest BCUT2D eigenvalue weighted by atomic mass is 10.5. The highest BCUT2D eigenvalue weighted by molar-refractivity contribution is 6.69. The highest BCUT2D eigenvalue weighted by Gasteiger charge is 2.09. The fraction of sp³-hybridized carbons (Fsp3) is 0. The normalized spacial score (nSPS) is 16.6. The van der Waals surface area contributed by atoms with Gasteiger partial charge in [0.25, 0.3) is 0 Å². The van der Waals surface area contributed by atoms with E-state index in [0.29, 0.717) is 0 Å². The van der Waals surface area contributed by atoms with Crippen LogP contribution in [0, 0.1) is 4.91 Å². The molecule has 8 heavy (non-hydrogen) atoms. The predicted octanol–water partition coefficient (Wildman–Crippen LogP) is 0.764. The van der Waals surface area contributed by atoms with Gasteiger partial charge in [0.1, 0.15) is 0 Å². The third-order valence-corrected chi connectivity index (χ3v) is 0.904. The Kier molecular flexibility index (Phi) is 1.26. The summed E-state index contributed by atoms with van der Waals surface area (Å²) in [5.74, 6) is 0. The lowest BCUT2D eigenvalue weighted by molar-refractivity contribution is 0.972. The maximum Gasteiger partial charge on any atom is 0.182 e. The summed E-state index contributed by atoms with van der Waals surface area (Å²) in [7, 11) is 0. The summed E-state index contributed by atoms with van der Waals surface area (Å²) >= 11 is 5.27. The number of halogens is 1. The van der Waals surface area contributed by atoms with Crippen LogP contribution < -0.4 is 5.43 Å². The molecule has 0 spiro atoms. The van der Waals surface area contributed by atoms with Gasteiger partial charge in [-0.1, -0.05) is 11.6 Å². The summed E-state index contributed by atoms with van der Waals surface area (Å²) in [6.45, 7) is 0. The standard InChI is InChI=1S/C3HClN3O/c4-3-2(7-8)1-5-6-3/h1H. The second-order valence-corrected chi connectivity index (χ2v) is 1.47. The van der Waals surface area contributed by atoms with Crippen molar-refractivity contribution in [3.05, 3.63) is 16.8 Å². The molecule has 1 aliphatic heterocycles. The number of allylic oxidation sites excluding steroid dienone is 1. The van der Waals surface area contributed by atoms with Gasteiger partial charge in [-0.15, -0.1) is 10.0 Å². The Morgan fingerprint density at radius 1 is 1.75 bits per heavy atom. The van der Waals surface area contributed by atoms with Crippen LogP contribution in [0.25, 0.3) is 0 Å². The second-order valence-electron chi connectivity index (χ2n) is 1.11. The molecule has 0 N–H and O–H groups in total. The number of hydrogen-bond donors (Lipinski definition) is 0. The molecule has 0 bridgehead atoms. The summed E-state index contributed by atoms with van der Waals surface area (Å²) in [5.41, 5.74) is 3.41. The van der Waals surface area contributed by atoms with Crippen molar-refractivity contribution in [2.24, 2.45) is 10.3 Å². The van der Waals surface area contributed by atoms with Crippen LogP contribution in [0.4, 0.5) is 0 Å². The van der Waals surface area contributed by atoms with E-state index in [-0.39, 0.29) is 10.9 Å². The number of nitrogens with zero attached hydrogens (tertiary/aromatic N) is 3. The van der Waals surface area contributed by atoms with Crippen LogP contribution >= 0.6 is 11.6 Å². The summed E-state index contributed by atoms with van der Waals surface area (Å²) in [4.78, 5) is 9.67. The molecule has 1 aliphatic rings. The molecule has 0 atom stereocenters. The van der Waals surface area contributed by atoms with Gasteiger partial charge in [-0.2, -0.15) is 5.43 Å². The van der Waals surface area contributed by atoms with Crippen molar-refractivity contribution in [1.82, 2.24) is 5.43 Å². The van der Waals surface area contributed by atoms with Crippen LogP contribution in [0.15, 0.2) is 22.2 Å². The van der Waals surface area contributed by atoms with E-state index in [0.717, 1.165) is 0 Å². The summed E-state index contributed by atoms with van der Waals surface area (Å²) < 4.78 is 0. The third kappa shape index (κ3) is 0.696. The van der Waals surface area contributed by atoms with Crippen molar-refractivity contribution in [2.45, 2.75) is 0 Å². The fourth-order valence-corrected chi connectivity index (χ4v) is 0.427. The maximum atomic E-state index is 9.67. The SMILES string of the molecule is O=NC1=C[N]N=C1Cl. The van der Waals surface area contributed by atoms with E-state index in [2.05, 4.69) is 15.7 Å². The van der Waals surface area contributed by atoms with Crippen molar-refractivity contribution >= 4 is 16.8 Å². The largest absolute Gasteiger partial charge is 0.182 e. The van der Waals surface area contributed by atoms with Gasteiger partial charge < -0.3 is 0 Å². The Balaban J connectivity index is 2.81. The van der Waals surface area contributed by atoms with Gasteiger partial charge in [-0.25, -0.2) is 0 Å². The predicted molar refractivity (Wildman–Crippen MR) is 29.3 cm³/mol. The molecule has 0 saturated heterocycles. The Morgan fingerprint density at radius 2 is 2.50 bits per heavy atom. The zero-order chi connectivity index (χ0) is 5.98. The van der Waals surface area contributed by atoms with Gasteiger partial charge in [0.2, 0.25) is 0 Å². The first-order valence-corrected chi connectivity index (χ1v) is 2.19. The van der Waals surface area contributed by atoms with Gasteiger partial charge in [0.15, 0.2) is 10.9 Å². The lowest BCUT2D eigenvalue weighted by Crippen LogP contribution is -1.81. The van der Waals surface area contributed by atoms with Gasteiger partial charge in [-0.05, 0) is 5.18 Å². The van der Waals surface area contributed by atoms with Crippen LogP contribution in [0.5, 0.6) is 0 Å². The van der Waals surface area contributed by atoms with E-state index in [1.807, 2.05) is 0 Å². The molecular formula is C3HClN3O. The van der Waals surface area contributed by atoms with Crippen molar-refractivity contribution in [2.75, 3.05) is 0 Å². The molecule has 41 valence electrons. The Labute approximate surface area is 50.2 Å². The highest BCUT2D eigenvalue weighted by Crippen LogP contribution is 2.07. The van der Waals surface area contributed by atoms with Crippen LogP contribution in [0.3, 0.4) is 0 Å².